The Morgan fingerprint density at radius 3 is 2.69 bits per heavy atom. The summed E-state index contributed by atoms with van der Waals surface area (Å²) in [4.78, 5) is 0. The van der Waals surface area contributed by atoms with Crippen LogP contribution in [0.25, 0.3) is 0 Å². The van der Waals surface area contributed by atoms with Crippen molar-refractivity contribution in [3.63, 3.8) is 0 Å². The first-order chi connectivity index (χ1) is 7.81. The molecule has 1 saturated heterocycles. The lowest BCUT2D eigenvalue weighted by atomic mass is 9.91. The van der Waals surface area contributed by atoms with E-state index in [-0.39, 0.29) is 6.04 Å². The van der Waals surface area contributed by atoms with E-state index < -0.39 is 0 Å². The molecule has 16 heavy (non-hydrogen) atoms. The van der Waals surface area contributed by atoms with Crippen LogP contribution in [-0.4, -0.2) is 18.6 Å². The van der Waals surface area contributed by atoms with Gasteiger partial charge in [-0.05, 0) is 48.0 Å². The molecule has 2 rings (SSSR count). The van der Waals surface area contributed by atoms with Gasteiger partial charge in [-0.25, -0.2) is 0 Å². The second-order valence-electron chi connectivity index (χ2n) is 4.28. The first kappa shape index (κ1) is 11.8. The van der Waals surface area contributed by atoms with Gasteiger partial charge < -0.3 is 10.5 Å². The topological polar surface area (TPSA) is 35.2 Å². The fraction of sp³-hybridized carbons (Fsp3) is 0.538. The van der Waals surface area contributed by atoms with E-state index in [4.69, 9.17) is 10.5 Å². The highest BCUT2D eigenvalue weighted by atomic mass is 32.2. The predicted molar refractivity (Wildman–Crippen MR) is 70.0 cm³/mol. The lowest BCUT2D eigenvalue weighted by Crippen LogP contribution is -2.25. The second kappa shape index (κ2) is 5.60. The van der Waals surface area contributed by atoms with Crippen molar-refractivity contribution >= 4 is 11.8 Å². The van der Waals surface area contributed by atoms with Crippen LogP contribution in [0.1, 0.15) is 24.4 Å². The summed E-state index contributed by atoms with van der Waals surface area (Å²) in [6.07, 6.45) is 2.57. The molecule has 1 aromatic carbocycles. The molecular weight excluding hydrogens is 218 g/mol. The van der Waals surface area contributed by atoms with Crippen LogP contribution in [0.2, 0.25) is 0 Å². The first-order valence-corrected chi connectivity index (χ1v) is 6.94. The summed E-state index contributed by atoms with van der Waals surface area (Å²) in [5, 5.41) is 0. The summed E-state index contributed by atoms with van der Waals surface area (Å²) in [6, 6.07) is 8.33. The lowest BCUT2D eigenvalue weighted by Gasteiger charge is -2.27. The van der Waals surface area contributed by atoms with Gasteiger partial charge in [0, 0.05) is 6.04 Å². The van der Waals surface area contributed by atoms with E-state index in [0.717, 1.165) is 5.75 Å². The van der Waals surface area contributed by atoms with Gasteiger partial charge in [-0.3, -0.25) is 0 Å². The van der Waals surface area contributed by atoms with Gasteiger partial charge in [-0.2, -0.15) is 11.8 Å². The highest BCUT2D eigenvalue weighted by Crippen LogP contribution is 2.32. The van der Waals surface area contributed by atoms with Gasteiger partial charge in [0.15, 0.2) is 0 Å². The highest BCUT2D eigenvalue weighted by molar-refractivity contribution is 7.99. The Balaban J connectivity index is 2.04. The maximum absolute atomic E-state index is 6.31. The molecule has 2 nitrogen and oxygen atoms in total. The normalized spacial score (nSPS) is 22.8. The van der Waals surface area contributed by atoms with E-state index in [1.165, 1.54) is 29.9 Å². The number of benzene rings is 1. The summed E-state index contributed by atoms with van der Waals surface area (Å²) >= 11 is 2.03. The maximum Gasteiger partial charge on any atom is 0.118 e. The van der Waals surface area contributed by atoms with Gasteiger partial charge >= 0.3 is 0 Å². The molecule has 0 aliphatic carbocycles. The Labute approximate surface area is 102 Å². The largest absolute Gasteiger partial charge is 0.497 e. The fourth-order valence-corrected chi connectivity index (χ4v) is 3.36. The van der Waals surface area contributed by atoms with Crippen molar-refractivity contribution in [1.29, 1.82) is 0 Å². The number of ether oxygens (including phenoxy) is 1. The average molecular weight is 237 g/mol. The van der Waals surface area contributed by atoms with Crippen molar-refractivity contribution in [1.82, 2.24) is 0 Å². The third-order valence-corrected chi connectivity index (χ3v) is 4.45. The third-order valence-electron chi connectivity index (χ3n) is 3.20. The fourth-order valence-electron chi connectivity index (χ4n) is 2.15. The summed E-state index contributed by atoms with van der Waals surface area (Å²) in [5.41, 5.74) is 7.54. The Bertz CT molecular complexity index is 319. The van der Waals surface area contributed by atoms with Crippen molar-refractivity contribution < 1.29 is 4.74 Å². The number of methoxy groups -OCH3 is 1. The van der Waals surface area contributed by atoms with Crippen LogP contribution in [-0.2, 0) is 0 Å². The minimum Gasteiger partial charge on any atom is -0.497 e. The molecule has 0 spiro atoms. The average Bonchev–Trinajstić information content (AvgIpc) is 2.39. The van der Waals surface area contributed by atoms with E-state index in [1.807, 2.05) is 23.9 Å². The molecule has 0 saturated carbocycles. The molecule has 0 radical (unpaired) electrons. The summed E-state index contributed by atoms with van der Waals surface area (Å²) in [6.45, 7) is 0. The van der Waals surface area contributed by atoms with Gasteiger partial charge in [0.1, 0.15) is 5.75 Å². The molecule has 0 bridgehead atoms. The zero-order valence-corrected chi connectivity index (χ0v) is 10.5. The van der Waals surface area contributed by atoms with Crippen LogP contribution in [0.15, 0.2) is 24.3 Å². The molecule has 1 fully saturated rings. The Morgan fingerprint density at radius 2 is 2.12 bits per heavy atom. The molecule has 88 valence electrons. The molecule has 2 N–H and O–H groups in total. The van der Waals surface area contributed by atoms with Crippen molar-refractivity contribution in [2.24, 2.45) is 11.7 Å². The molecule has 0 amide bonds. The van der Waals surface area contributed by atoms with Gasteiger partial charge in [0.2, 0.25) is 0 Å². The second-order valence-corrected chi connectivity index (χ2v) is 5.43. The van der Waals surface area contributed by atoms with E-state index in [2.05, 4.69) is 12.1 Å². The molecule has 1 aliphatic heterocycles. The Hall–Kier alpha value is -0.670. The van der Waals surface area contributed by atoms with Crippen molar-refractivity contribution in [3.05, 3.63) is 29.8 Å². The van der Waals surface area contributed by atoms with Crippen LogP contribution >= 0.6 is 11.8 Å². The summed E-state index contributed by atoms with van der Waals surface area (Å²) < 4.78 is 5.15. The molecule has 1 aromatic rings. The standard InChI is InChI=1S/C13H19NOS/c1-15-12-6-4-10(5-7-12)13(14)11-3-2-8-16-9-11/h4-7,11,13H,2-3,8-9,14H2,1H3. The number of hydrogen-bond donors (Lipinski definition) is 1. The number of rotatable bonds is 3. The number of thioether (sulfide) groups is 1. The van der Waals surface area contributed by atoms with Gasteiger partial charge in [-0.15, -0.1) is 0 Å². The van der Waals surface area contributed by atoms with E-state index in [9.17, 15) is 0 Å². The summed E-state index contributed by atoms with van der Waals surface area (Å²) in [7, 11) is 1.69. The van der Waals surface area contributed by atoms with Crippen molar-refractivity contribution in [2.45, 2.75) is 18.9 Å². The Morgan fingerprint density at radius 1 is 1.38 bits per heavy atom. The zero-order valence-electron chi connectivity index (χ0n) is 9.69. The Kier molecular flexibility index (Phi) is 4.13. The smallest absolute Gasteiger partial charge is 0.118 e. The third kappa shape index (κ3) is 2.71. The van der Waals surface area contributed by atoms with Crippen molar-refractivity contribution in [2.75, 3.05) is 18.6 Å². The van der Waals surface area contributed by atoms with E-state index in [0.29, 0.717) is 5.92 Å². The van der Waals surface area contributed by atoms with Crippen LogP contribution in [0.3, 0.4) is 0 Å². The van der Waals surface area contributed by atoms with E-state index in [1.54, 1.807) is 7.11 Å². The lowest BCUT2D eigenvalue weighted by molar-refractivity contribution is 0.412. The molecule has 3 heteroatoms. The highest BCUT2D eigenvalue weighted by Gasteiger charge is 2.21. The minimum absolute atomic E-state index is 0.179. The SMILES string of the molecule is COc1ccc(C(N)C2CCCSC2)cc1. The number of hydrogen-bond acceptors (Lipinski definition) is 3. The van der Waals surface area contributed by atoms with Crippen LogP contribution in [0, 0.1) is 5.92 Å². The molecule has 2 atom stereocenters. The molecule has 0 aromatic heterocycles. The maximum atomic E-state index is 6.31. The first-order valence-electron chi connectivity index (χ1n) is 5.78. The van der Waals surface area contributed by atoms with Gasteiger partial charge in [0.25, 0.3) is 0 Å². The van der Waals surface area contributed by atoms with Crippen LogP contribution in [0.5, 0.6) is 5.75 Å². The predicted octanol–water partition coefficient (Wildman–Crippen LogP) is 2.84. The van der Waals surface area contributed by atoms with Gasteiger partial charge in [0.05, 0.1) is 7.11 Å². The quantitative estimate of drug-likeness (QED) is 0.878. The summed E-state index contributed by atoms with van der Waals surface area (Å²) in [5.74, 6) is 4.03. The number of nitrogens with two attached hydrogens (primary N) is 1. The molecule has 1 heterocycles. The molecule has 1 aliphatic rings. The molecule has 2 unspecified atom stereocenters. The zero-order chi connectivity index (χ0) is 11.4. The minimum atomic E-state index is 0.179. The van der Waals surface area contributed by atoms with Gasteiger partial charge in [-0.1, -0.05) is 12.1 Å². The molecular formula is C13H19NOS. The van der Waals surface area contributed by atoms with Crippen molar-refractivity contribution in [3.8, 4) is 5.75 Å². The van der Waals surface area contributed by atoms with Crippen LogP contribution < -0.4 is 10.5 Å². The van der Waals surface area contributed by atoms with E-state index >= 15 is 0 Å². The monoisotopic (exact) mass is 237 g/mol. The van der Waals surface area contributed by atoms with Crippen LogP contribution in [0.4, 0.5) is 0 Å².